The van der Waals surface area contributed by atoms with Gasteiger partial charge >= 0.3 is 0 Å². The molecule has 2 N–H and O–H groups in total. The monoisotopic (exact) mass is 367 g/mol. The molecule has 0 atom stereocenters. The molecule has 27 heavy (non-hydrogen) atoms. The predicted molar refractivity (Wildman–Crippen MR) is 101 cm³/mol. The second kappa shape index (κ2) is 7.73. The first-order valence-electron chi connectivity index (χ1n) is 8.92. The Morgan fingerprint density at radius 3 is 2.89 bits per heavy atom. The molecule has 0 aliphatic carbocycles. The molecule has 0 saturated carbocycles. The number of aromatic nitrogens is 3. The fourth-order valence-electron chi connectivity index (χ4n) is 3.14. The summed E-state index contributed by atoms with van der Waals surface area (Å²) in [6.07, 6.45) is 1.65. The molecule has 2 heterocycles. The van der Waals surface area contributed by atoms with Crippen molar-refractivity contribution in [3.8, 4) is 5.75 Å². The molecule has 0 radical (unpaired) electrons. The first-order chi connectivity index (χ1) is 13.2. The van der Waals surface area contributed by atoms with E-state index in [0.717, 1.165) is 43.6 Å². The normalized spacial score (nSPS) is 15.1. The van der Waals surface area contributed by atoms with Crippen molar-refractivity contribution in [2.24, 2.45) is 0 Å². The highest BCUT2D eigenvalue weighted by molar-refractivity contribution is 6.08. The summed E-state index contributed by atoms with van der Waals surface area (Å²) in [6, 6.07) is 10.6. The number of hydrogen-bond acceptors (Lipinski definition) is 6. The predicted octanol–water partition coefficient (Wildman–Crippen LogP) is 1.72. The summed E-state index contributed by atoms with van der Waals surface area (Å²) in [4.78, 5) is 14.8. The third kappa shape index (κ3) is 4.07. The molecule has 0 spiro atoms. The van der Waals surface area contributed by atoms with E-state index >= 15 is 0 Å². The number of amides is 1. The molecule has 1 amide bonds. The molecule has 8 heteroatoms. The van der Waals surface area contributed by atoms with Crippen molar-refractivity contribution >= 4 is 22.4 Å². The molecule has 140 valence electrons. The minimum Gasteiger partial charge on any atom is -0.508 e. The third-order valence-electron chi connectivity index (χ3n) is 4.63. The summed E-state index contributed by atoms with van der Waals surface area (Å²) >= 11 is 0. The maximum Gasteiger partial charge on any atom is 0.277 e. The van der Waals surface area contributed by atoms with Crippen LogP contribution in [0.4, 0.5) is 5.69 Å². The van der Waals surface area contributed by atoms with Crippen LogP contribution in [-0.2, 0) is 11.3 Å². The lowest BCUT2D eigenvalue weighted by Gasteiger charge is -2.26. The molecule has 1 fully saturated rings. The number of phenolic OH excluding ortho intramolecular Hbond substituents is 1. The van der Waals surface area contributed by atoms with Crippen LogP contribution in [0.15, 0.2) is 42.6 Å². The lowest BCUT2D eigenvalue weighted by molar-refractivity contribution is 0.0359. The van der Waals surface area contributed by atoms with Crippen molar-refractivity contribution < 1.29 is 14.6 Å². The molecule has 2 aromatic carbocycles. The van der Waals surface area contributed by atoms with Gasteiger partial charge in [0.15, 0.2) is 5.69 Å². The van der Waals surface area contributed by atoms with Crippen molar-refractivity contribution in [2.45, 2.75) is 6.54 Å². The number of benzene rings is 2. The van der Waals surface area contributed by atoms with E-state index in [9.17, 15) is 9.90 Å². The van der Waals surface area contributed by atoms with E-state index in [0.29, 0.717) is 12.2 Å². The van der Waals surface area contributed by atoms with Gasteiger partial charge in [0.05, 0.1) is 26.0 Å². The number of carbonyl (C=O) groups is 1. The van der Waals surface area contributed by atoms with Crippen LogP contribution >= 0.6 is 0 Å². The highest BCUT2D eigenvalue weighted by Gasteiger charge is 2.14. The summed E-state index contributed by atoms with van der Waals surface area (Å²) in [6.45, 7) is 4.85. The Balaban J connectivity index is 1.43. The Bertz CT molecular complexity index is 949. The Morgan fingerprint density at radius 2 is 2.04 bits per heavy atom. The largest absolute Gasteiger partial charge is 0.508 e. The molecule has 8 nitrogen and oxygen atoms in total. The van der Waals surface area contributed by atoms with Gasteiger partial charge in [0.1, 0.15) is 5.75 Å². The summed E-state index contributed by atoms with van der Waals surface area (Å²) in [5, 5.41) is 22.3. The highest BCUT2D eigenvalue weighted by Crippen LogP contribution is 2.27. The van der Waals surface area contributed by atoms with E-state index in [4.69, 9.17) is 4.74 Å². The lowest BCUT2D eigenvalue weighted by atomic mass is 10.1. The number of ether oxygens (including phenoxy) is 1. The topological polar surface area (TPSA) is 92.5 Å². The maximum atomic E-state index is 12.5. The van der Waals surface area contributed by atoms with Crippen molar-refractivity contribution in [3.63, 3.8) is 0 Å². The van der Waals surface area contributed by atoms with Gasteiger partial charge in [0, 0.05) is 30.7 Å². The van der Waals surface area contributed by atoms with Gasteiger partial charge in [-0.15, -0.1) is 5.10 Å². The molecular formula is C19H21N5O3. The fraction of sp³-hybridized carbons (Fsp3) is 0.316. The number of hydrogen-bond donors (Lipinski definition) is 2. The average Bonchev–Trinajstić information content (AvgIpc) is 3.17. The average molecular weight is 367 g/mol. The number of anilines is 1. The molecule has 1 saturated heterocycles. The van der Waals surface area contributed by atoms with Crippen LogP contribution in [-0.4, -0.2) is 63.8 Å². The summed E-state index contributed by atoms with van der Waals surface area (Å²) in [5.41, 5.74) is 0.880. The van der Waals surface area contributed by atoms with E-state index < -0.39 is 0 Å². The van der Waals surface area contributed by atoms with Gasteiger partial charge in [-0.25, -0.2) is 0 Å². The minimum absolute atomic E-state index is 0.151. The fourth-order valence-corrected chi connectivity index (χ4v) is 3.14. The molecule has 1 aliphatic heterocycles. The van der Waals surface area contributed by atoms with Crippen LogP contribution in [0.1, 0.15) is 10.5 Å². The Morgan fingerprint density at radius 1 is 1.19 bits per heavy atom. The Kier molecular flexibility index (Phi) is 4.99. The van der Waals surface area contributed by atoms with Crippen LogP contribution < -0.4 is 5.32 Å². The van der Waals surface area contributed by atoms with Gasteiger partial charge in [0.2, 0.25) is 0 Å². The Labute approximate surface area is 156 Å². The van der Waals surface area contributed by atoms with Gasteiger partial charge in [-0.05, 0) is 23.6 Å². The SMILES string of the molecule is O=C(Nc1cccc2ccc(O)cc12)c1cn(CCN2CCOCC2)nn1. The van der Waals surface area contributed by atoms with Crippen LogP contribution in [0.2, 0.25) is 0 Å². The molecule has 0 bridgehead atoms. The van der Waals surface area contributed by atoms with E-state index in [1.54, 1.807) is 29.1 Å². The van der Waals surface area contributed by atoms with E-state index in [1.807, 2.05) is 18.2 Å². The third-order valence-corrected chi connectivity index (χ3v) is 4.63. The number of morpholine rings is 1. The second-order valence-electron chi connectivity index (χ2n) is 6.49. The number of phenols is 1. The van der Waals surface area contributed by atoms with Crippen molar-refractivity contribution in [1.29, 1.82) is 0 Å². The van der Waals surface area contributed by atoms with Gasteiger partial charge in [-0.1, -0.05) is 23.4 Å². The standard InChI is InChI=1S/C19H21N5O3/c25-15-5-4-14-2-1-3-17(16(14)12-15)20-19(26)18-13-24(22-21-18)7-6-23-8-10-27-11-9-23/h1-5,12-13,25H,6-11H2,(H,20,26). The van der Waals surface area contributed by atoms with E-state index in [-0.39, 0.29) is 17.4 Å². The van der Waals surface area contributed by atoms with Crippen LogP contribution in [0, 0.1) is 0 Å². The van der Waals surface area contributed by atoms with Gasteiger partial charge in [-0.2, -0.15) is 0 Å². The van der Waals surface area contributed by atoms with E-state index in [1.165, 1.54) is 0 Å². The van der Waals surface area contributed by atoms with Gasteiger partial charge in [0.25, 0.3) is 5.91 Å². The Hall–Kier alpha value is -2.97. The van der Waals surface area contributed by atoms with Crippen LogP contribution in [0.3, 0.4) is 0 Å². The zero-order valence-electron chi connectivity index (χ0n) is 14.8. The van der Waals surface area contributed by atoms with E-state index in [2.05, 4.69) is 20.5 Å². The summed E-state index contributed by atoms with van der Waals surface area (Å²) in [5.74, 6) is -0.179. The van der Waals surface area contributed by atoms with Crippen molar-refractivity contribution in [3.05, 3.63) is 48.3 Å². The first-order valence-corrected chi connectivity index (χ1v) is 8.92. The molecule has 3 aromatic rings. The number of nitrogens with zero attached hydrogens (tertiary/aromatic N) is 4. The van der Waals surface area contributed by atoms with Crippen molar-refractivity contribution in [1.82, 2.24) is 19.9 Å². The number of carbonyl (C=O) groups excluding carboxylic acids is 1. The zero-order chi connectivity index (χ0) is 18.6. The highest BCUT2D eigenvalue weighted by atomic mass is 16.5. The molecule has 0 unspecified atom stereocenters. The molecule has 4 rings (SSSR count). The summed E-state index contributed by atoms with van der Waals surface area (Å²) < 4.78 is 7.02. The number of aromatic hydroxyl groups is 1. The quantitative estimate of drug-likeness (QED) is 0.713. The minimum atomic E-state index is -0.330. The second-order valence-corrected chi connectivity index (χ2v) is 6.49. The number of fused-ring (bicyclic) bond motifs is 1. The molecule has 1 aliphatic rings. The van der Waals surface area contributed by atoms with Crippen LogP contribution in [0.5, 0.6) is 5.75 Å². The van der Waals surface area contributed by atoms with Crippen LogP contribution in [0.25, 0.3) is 10.8 Å². The van der Waals surface area contributed by atoms with Gasteiger partial charge in [-0.3, -0.25) is 14.4 Å². The maximum absolute atomic E-state index is 12.5. The molecule has 1 aromatic heterocycles. The number of rotatable bonds is 5. The summed E-state index contributed by atoms with van der Waals surface area (Å²) in [7, 11) is 0. The number of nitrogens with one attached hydrogen (secondary N) is 1. The van der Waals surface area contributed by atoms with Crippen molar-refractivity contribution in [2.75, 3.05) is 38.2 Å². The zero-order valence-corrected chi connectivity index (χ0v) is 14.8. The van der Waals surface area contributed by atoms with Gasteiger partial charge < -0.3 is 15.2 Å². The smallest absolute Gasteiger partial charge is 0.277 e. The first kappa shape index (κ1) is 17.4. The lowest BCUT2D eigenvalue weighted by Crippen LogP contribution is -2.38. The molecular weight excluding hydrogens is 346 g/mol.